The number of aliphatic imine (C=N–C) groups is 1. The predicted octanol–water partition coefficient (Wildman–Crippen LogP) is 4.38. The van der Waals surface area contributed by atoms with Gasteiger partial charge in [0.1, 0.15) is 17.3 Å². The van der Waals surface area contributed by atoms with E-state index in [-0.39, 0.29) is 23.8 Å². The highest BCUT2D eigenvalue weighted by Gasteiger charge is 2.37. The molecular weight excluding hydrogens is 433 g/mol. The summed E-state index contributed by atoms with van der Waals surface area (Å²) in [5, 5.41) is 3.22. The Kier molecular flexibility index (Phi) is 5.65. The zero-order valence-corrected chi connectivity index (χ0v) is 19.3. The lowest BCUT2D eigenvalue weighted by Crippen LogP contribution is -2.35. The lowest BCUT2D eigenvalue weighted by molar-refractivity contribution is -0.123. The molecule has 7 nitrogen and oxygen atoms in total. The second kappa shape index (κ2) is 8.78. The zero-order valence-electron chi connectivity index (χ0n) is 19.3. The van der Waals surface area contributed by atoms with Crippen LogP contribution in [-0.2, 0) is 4.79 Å². The van der Waals surface area contributed by atoms with Crippen molar-refractivity contribution in [3.63, 3.8) is 0 Å². The van der Waals surface area contributed by atoms with Gasteiger partial charge in [0.15, 0.2) is 0 Å². The predicted molar refractivity (Wildman–Crippen MR) is 128 cm³/mol. The first-order valence-corrected chi connectivity index (χ1v) is 11.3. The number of methoxy groups -OCH3 is 1. The lowest BCUT2D eigenvalue weighted by atomic mass is 10.1. The Bertz CT molecular complexity index is 1290. The van der Waals surface area contributed by atoms with Crippen molar-refractivity contribution in [2.75, 3.05) is 7.11 Å². The number of halogens is 1. The van der Waals surface area contributed by atoms with E-state index in [1.807, 2.05) is 42.8 Å². The number of carbonyl (C=O) groups excluding carboxylic acids is 1. The van der Waals surface area contributed by atoms with Crippen molar-refractivity contribution in [3.8, 4) is 11.4 Å². The summed E-state index contributed by atoms with van der Waals surface area (Å²) in [6.07, 6.45) is 7.50. The monoisotopic (exact) mass is 459 g/mol. The smallest absolute Gasteiger partial charge is 0.277 e. The van der Waals surface area contributed by atoms with Crippen molar-refractivity contribution < 1.29 is 13.9 Å². The maximum absolute atomic E-state index is 13.4. The van der Waals surface area contributed by atoms with E-state index in [4.69, 9.17) is 9.73 Å². The summed E-state index contributed by atoms with van der Waals surface area (Å²) in [6.45, 7) is 3.85. The molecule has 8 heteroatoms. The number of amides is 1. The fourth-order valence-electron chi connectivity index (χ4n) is 4.00. The summed E-state index contributed by atoms with van der Waals surface area (Å²) in [5.41, 5.74) is 3.85. The zero-order chi connectivity index (χ0) is 23.8. The third-order valence-corrected chi connectivity index (χ3v) is 6.02. The SMILES string of the molecule is COc1cc(C=C2NC(=NC3CC3)N(C(C)c3ccc(F)cc3)C2=O)ccc1-n1cnc(C)c1. The molecule has 1 aliphatic carbocycles. The molecule has 1 unspecified atom stereocenters. The average Bonchev–Trinajstić information content (AvgIpc) is 3.46. The Balaban J connectivity index is 1.47. The van der Waals surface area contributed by atoms with Gasteiger partial charge < -0.3 is 14.6 Å². The fraction of sp³-hybridized carbons (Fsp3) is 0.269. The van der Waals surface area contributed by atoms with Crippen LogP contribution >= 0.6 is 0 Å². The van der Waals surface area contributed by atoms with Crippen LogP contribution in [-0.4, -0.2) is 39.5 Å². The molecule has 34 heavy (non-hydrogen) atoms. The minimum absolute atomic E-state index is 0.176. The van der Waals surface area contributed by atoms with Crippen molar-refractivity contribution in [1.29, 1.82) is 0 Å². The summed E-state index contributed by atoms with van der Waals surface area (Å²) >= 11 is 0. The Hall–Kier alpha value is -3.94. The third-order valence-electron chi connectivity index (χ3n) is 6.02. The van der Waals surface area contributed by atoms with Crippen molar-refractivity contribution in [1.82, 2.24) is 19.8 Å². The Morgan fingerprint density at radius 1 is 1.24 bits per heavy atom. The highest BCUT2D eigenvalue weighted by molar-refractivity contribution is 6.15. The molecule has 1 aromatic heterocycles. The second-order valence-corrected chi connectivity index (χ2v) is 8.62. The van der Waals surface area contributed by atoms with E-state index in [0.29, 0.717) is 17.4 Å². The molecule has 2 aliphatic rings. The summed E-state index contributed by atoms with van der Waals surface area (Å²) in [4.78, 5) is 24.1. The van der Waals surface area contributed by atoms with Crippen LogP contribution in [0.4, 0.5) is 4.39 Å². The van der Waals surface area contributed by atoms with Crippen LogP contribution < -0.4 is 10.1 Å². The molecule has 1 saturated carbocycles. The van der Waals surface area contributed by atoms with E-state index < -0.39 is 0 Å². The van der Waals surface area contributed by atoms with Gasteiger partial charge in [0, 0.05) is 6.20 Å². The van der Waals surface area contributed by atoms with E-state index in [2.05, 4.69) is 10.3 Å². The molecule has 1 amide bonds. The van der Waals surface area contributed by atoms with Crippen LogP contribution in [0.25, 0.3) is 11.8 Å². The first-order chi connectivity index (χ1) is 16.4. The van der Waals surface area contributed by atoms with E-state index >= 15 is 0 Å². The summed E-state index contributed by atoms with van der Waals surface area (Å²) in [5.74, 6) is 0.718. The van der Waals surface area contributed by atoms with Gasteiger partial charge in [-0.15, -0.1) is 0 Å². The molecule has 0 bridgehead atoms. The number of carbonyl (C=O) groups is 1. The standard InChI is InChI=1S/C26H26FN5O2/c1-16-14-31(15-28-16)23-11-4-18(13-24(23)34-3)12-22-25(33)32(26(30-22)29-21-9-10-21)17(2)19-5-7-20(27)8-6-19/h4-8,11-15,17,21H,9-10H2,1-3H3,(H,29,30). The van der Waals surface area contributed by atoms with E-state index in [1.165, 1.54) is 12.1 Å². The molecule has 2 aromatic carbocycles. The molecule has 2 fully saturated rings. The number of nitrogens with zero attached hydrogens (tertiary/aromatic N) is 4. The van der Waals surface area contributed by atoms with Crippen molar-refractivity contribution in [2.45, 2.75) is 38.8 Å². The number of ether oxygens (including phenoxy) is 1. The van der Waals surface area contributed by atoms with E-state index in [0.717, 1.165) is 35.3 Å². The van der Waals surface area contributed by atoms with Gasteiger partial charge in [0.25, 0.3) is 5.91 Å². The number of benzene rings is 2. The van der Waals surface area contributed by atoms with Crippen LogP contribution in [0.3, 0.4) is 0 Å². The van der Waals surface area contributed by atoms with E-state index in [9.17, 15) is 9.18 Å². The maximum atomic E-state index is 13.4. The Morgan fingerprint density at radius 3 is 2.65 bits per heavy atom. The van der Waals surface area contributed by atoms with Crippen molar-refractivity contribution in [2.24, 2.45) is 4.99 Å². The van der Waals surface area contributed by atoms with Crippen LogP contribution in [0.5, 0.6) is 5.75 Å². The number of hydrogen-bond acceptors (Lipinski definition) is 4. The number of rotatable bonds is 6. The Labute approximate surface area is 197 Å². The molecule has 0 spiro atoms. The summed E-state index contributed by atoms with van der Waals surface area (Å²) in [6, 6.07) is 11.9. The molecule has 1 aliphatic heterocycles. The van der Waals surface area contributed by atoms with Crippen LogP contribution in [0.1, 0.15) is 42.6 Å². The average molecular weight is 460 g/mol. The molecule has 1 N–H and O–H groups in total. The molecule has 0 radical (unpaired) electrons. The normalized spacial score (nSPS) is 19.1. The largest absolute Gasteiger partial charge is 0.495 e. The molecule has 5 rings (SSSR count). The topological polar surface area (TPSA) is 71.8 Å². The summed E-state index contributed by atoms with van der Waals surface area (Å²) < 4.78 is 20.9. The van der Waals surface area contributed by atoms with Gasteiger partial charge in [-0.3, -0.25) is 9.69 Å². The number of hydrogen-bond donors (Lipinski definition) is 1. The highest BCUT2D eigenvalue weighted by atomic mass is 19.1. The fourth-order valence-corrected chi connectivity index (χ4v) is 4.00. The van der Waals surface area contributed by atoms with Gasteiger partial charge in [-0.05, 0) is 68.2 Å². The Morgan fingerprint density at radius 2 is 2.00 bits per heavy atom. The van der Waals surface area contributed by atoms with Gasteiger partial charge in [-0.25, -0.2) is 14.4 Å². The molecule has 1 saturated heterocycles. The second-order valence-electron chi connectivity index (χ2n) is 8.62. The number of aryl methyl sites for hydroxylation is 1. The first kappa shape index (κ1) is 21.9. The van der Waals surface area contributed by atoms with Gasteiger partial charge in [0.05, 0.1) is 36.9 Å². The number of imidazole rings is 1. The third kappa shape index (κ3) is 4.31. The van der Waals surface area contributed by atoms with Crippen molar-refractivity contribution >= 4 is 17.9 Å². The maximum Gasteiger partial charge on any atom is 0.277 e. The molecule has 1 atom stereocenters. The number of nitrogens with one attached hydrogen (secondary N) is 1. The van der Waals surface area contributed by atoms with Gasteiger partial charge >= 0.3 is 0 Å². The molecule has 3 aromatic rings. The first-order valence-electron chi connectivity index (χ1n) is 11.3. The molecular formula is C26H26FN5O2. The molecule has 2 heterocycles. The number of guanidine groups is 1. The van der Waals surface area contributed by atoms with Crippen LogP contribution in [0.2, 0.25) is 0 Å². The van der Waals surface area contributed by atoms with Gasteiger partial charge in [-0.2, -0.15) is 0 Å². The van der Waals surface area contributed by atoms with Gasteiger partial charge in [-0.1, -0.05) is 18.2 Å². The minimum atomic E-state index is -0.308. The van der Waals surface area contributed by atoms with Crippen LogP contribution in [0, 0.1) is 12.7 Å². The summed E-state index contributed by atoms with van der Waals surface area (Å²) in [7, 11) is 1.62. The lowest BCUT2D eigenvalue weighted by Gasteiger charge is -2.23. The quantitative estimate of drug-likeness (QED) is 0.556. The van der Waals surface area contributed by atoms with Gasteiger partial charge in [0.2, 0.25) is 5.96 Å². The molecule has 174 valence electrons. The van der Waals surface area contributed by atoms with Crippen molar-refractivity contribution in [3.05, 3.63) is 83.3 Å². The van der Waals surface area contributed by atoms with E-state index in [1.54, 1.807) is 36.5 Å². The van der Waals surface area contributed by atoms with Crippen LogP contribution in [0.15, 0.2) is 65.7 Å². The number of aromatic nitrogens is 2. The minimum Gasteiger partial charge on any atom is -0.495 e. The highest BCUT2D eigenvalue weighted by Crippen LogP contribution is 2.31.